The van der Waals surface area contributed by atoms with E-state index in [0.717, 1.165) is 35.5 Å². The highest BCUT2D eigenvalue weighted by atomic mass is 16.1. The number of fused-ring (bicyclic) bond motifs is 5. The van der Waals surface area contributed by atoms with Gasteiger partial charge in [-0.2, -0.15) is 0 Å². The first-order chi connectivity index (χ1) is 6.36. The van der Waals surface area contributed by atoms with Crippen LogP contribution in [0.4, 0.5) is 0 Å². The predicted octanol–water partition coefficient (Wildman–Crippen LogP) is 1.72. The number of carbonyl (C=O) groups excluding carboxylic acids is 1. The Morgan fingerprint density at radius 2 is 1.77 bits per heavy atom. The van der Waals surface area contributed by atoms with E-state index in [9.17, 15) is 4.79 Å². The van der Waals surface area contributed by atoms with E-state index in [1.165, 1.54) is 19.3 Å². The van der Waals surface area contributed by atoms with Crippen LogP contribution in [0.5, 0.6) is 0 Å². The van der Waals surface area contributed by atoms with Gasteiger partial charge in [-0.3, -0.25) is 4.79 Å². The van der Waals surface area contributed by atoms with Crippen LogP contribution in [0.25, 0.3) is 0 Å². The number of Topliss-reactive ketones (excluding diaryl/α,β-unsaturated/α-hetero) is 1. The first kappa shape index (κ1) is 6.21. The Morgan fingerprint density at radius 3 is 2.69 bits per heavy atom. The van der Waals surface area contributed by atoms with Gasteiger partial charge in [-0.25, -0.2) is 0 Å². The van der Waals surface area contributed by atoms with Crippen molar-refractivity contribution in [1.29, 1.82) is 0 Å². The average molecular weight is 174 g/mol. The molecule has 5 aliphatic rings. The zero-order valence-electron chi connectivity index (χ0n) is 7.65. The third-order valence-corrected chi connectivity index (χ3v) is 6.28. The number of ketones is 1. The lowest BCUT2D eigenvalue weighted by Crippen LogP contribution is -2.28. The molecule has 0 amide bonds. The molecule has 68 valence electrons. The van der Waals surface area contributed by atoms with E-state index in [1.54, 1.807) is 0 Å². The first-order valence-corrected chi connectivity index (χ1v) is 5.90. The Bertz CT molecular complexity index is 332. The molecule has 0 aromatic carbocycles. The summed E-state index contributed by atoms with van der Waals surface area (Å²) in [7, 11) is 0. The predicted molar refractivity (Wildman–Crippen MR) is 46.8 cm³/mol. The molecule has 8 atom stereocenters. The van der Waals surface area contributed by atoms with Gasteiger partial charge in [0.05, 0.1) is 0 Å². The van der Waals surface area contributed by atoms with Gasteiger partial charge in [0.1, 0.15) is 5.78 Å². The minimum Gasteiger partial charge on any atom is -0.299 e. The van der Waals surface area contributed by atoms with E-state index >= 15 is 0 Å². The van der Waals surface area contributed by atoms with Gasteiger partial charge in [0, 0.05) is 11.8 Å². The van der Waals surface area contributed by atoms with Crippen molar-refractivity contribution in [3.8, 4) is 0 Å². The normalized spacial score (nSPS) is 74.9. The summed E-state index contributed by atoms with van der Waals surface area (Å²) in [5.41, 5.74) is 0. The number of hydrogen-bond acceptors (Lipinski definition) is 1. The van der Waals surface area contributed by atoms with Gasteiger partial charge >= 0.3 is 0 Å². The second-order valence-electron chi connectivity index (χ2n) is 6.15. The third kappa shape index (κ3) is 0.409. The average Bonchev–Trinajstić information content (AvgIpc) is 2.74. The number of carbonyl (C=O) groups is 1. The van der Waals surface area contributed by atoms with Crippen molar-refractivity contribution in [2.45, 2.75) is 19.3 Å². The van der Waals surface area contributed by atoms with Crippen molar-refractivity contribution in [3.63, 3.8) is 0 Å². The van der Waals surface area contributed by atoms with Crippen LogP contribution in [0.3, 0.4) is 0 Å². The van der Waals surface area contributed by atoms with Gasteiger partial charge in [-0.05, 0) is 54.8 Å². The lowest BCUT2D eigenvalue weighted by Gasteiger charge is -2.26. The largest absolute Gasteiger partial charge is 0.299 e. The molecule has 0 spiro atoms. The lowest BCUT2D eigenvalue weighted by atomic mass is 9.77. The minimum atomic E-state index is 0.558. The molecule has 0 saturated heterocycles. The summed E-state index contributed by atoms with van der Waals surface area (Å²) >= 11 is 0. The fraction of sp³-hybridized carbons (Fsp3) is 0.917. The molecule has 5 rings (SSSR count). The molecule has 1 heteroatoms. The highest BCUT2D eigenvalue weighted by Gasteiger charge is 2.75. The monoisotopic (exact) mass is 174 g/mol. The van der Waals surface area contributed by atoms with Gasteiger partial charge in [-0.1, -0.05) is 0 Å². The molecule has 0 unspecified atom stereocenters. The summed E-state index contributed by atoms with van der Waals surface area (Å²) in [5.74, 6) is 7.52. The zero-order valence-corrected chi connectivity index (χ0v) is 7.65. The molecule has 5 aliphatic carbocycles. The molecule has 13 heavy (non-hydrogen) atoms. The molecule has 0 radical (unpaired) electrons. The standard InChI is InChI=1S/C12H14O/c13-12-8-3-7-10-5-1-4(9(8)10)2-6(5)11(7)12/h4-11H,1-3H2/t4-,5-,6+,7+,8+,9+,10+,11-/m1/s1. The molecule has 1 nitrogen and oxygen atoms in total. The second kappa shape index (κ2) is 1.51. The van der Waals surface area contributed by atoms with Crippen LogP contribution in [0.1, 0.15) is 19.3 Å². The number of hydrogen-bond donors (Lipinski definition) is 0. The van der Waals surface area contributed by atoms with Crippen molar-refractivity contribution >= 4 is 5.78 Å². The van der Waals surface area contributed by atoms with E-state index in [4.69, 9.17) is 0 Å². The topological polar surface area (TPSA) is 17.1 Å². The van der Waals surface area contributed by atoms with Crippen LogP contribution < -0.4 is 0 Å². The van der Waals surface area contributed by atoms with Gasteiger partial charge in [0.15, 0.2) is 0 Å². The molecule has 0 heterocycles. The first-order valence-electron chi connectivity index (χ1n) is 5.90. The lowest BCUT2D eigenvalue weighted by molar-refractivity contribution is -0.127. The summed E-state index contributed by atoms with van der Waals surface area (Å²) in [6, 6.07) is 0. The Labute approximate surface area is 77.9 Å². The minimum absolute atomic E-state index is 0.558. The van der Waals surface area contributed by atoms with Crippen LogP contribution in [0.15, 0.2) is 0 Å². The molecular weight excluding hydrogens is 160 g/mol. The van der Waals surface area contributed by atoms with Crippen molar-refractivity contribution in [2.75, 3.05) is 0 Å². The molecule has 0 aromatic rings. The Morgan fingerprint density at radius 1 is 0.923 bits per heavy atom. The van der Waals surface area contributed by atoms with Gasteiger partial charge in [-0.15, -0.1) is 0 Å². The van der Waals surface area contributed by atoms with Gasteiger partial charge in [0.25, 0.3) is 0 Å². The Hall–Kier alpha value is -0.330. The van der Waals surface area contributed by atoms with Crippen LogP contribution in [-0.2, 0) is 4.79 Å². The third-order valence-electron chi connectivity index (χ3n) is 6.28. The van der Waals surface area contributed by atoms with Crippen molar-refractivity contribution in [3.05, 3.63) is 0 Å². The molecular formula is C12H14O. The van der Waals surface area contributed by atoms with E-state index < -0.39 is 0 Å². The molecule has 5 fully saturated rings. The van der Waals surface area contributed by atoms with Crippen molar-refractivity contribution in [2.24, 2.45) is 47.3 Å². The van der Waals surface area contributed by atoms with Gasteiger partial charge < -0.3 is 0 Å². The summed E-state index contributed by atoms with van der Waals surface area (Å²) in [6.45, 7) is 0. The SMILES string of the molecule is O=C1[C@H]2[C@H]3C[C@H]1[C@@H]1[C@@H]4C[C@H]([C@@H]2C4)[C@@H]31. The van der Waals surface area contributed by atoms with Crippen LogP contribution >= 0.6 is 0 Å². The fourth-order valence-electron chi connectivity index (χ4n) is 6.40. The summed E-state index contributed by atoms with van der Waals surface area (Å²) in [6.07, 6.45) is 4.26. The van der Waals surface area contributed by atoms with Crippen LogP contribution in [0.2, 0.25) is 0 Å². The maximum Gasteiger partial charge on any atom is 0.139 e. The quantitative estimate of drug-likeness (QED) is 0.546. The Balaban J connectivity index is 1.87. The van der Waals surface area contributed by atoms with E-state index in [1.807, 2.05) is 0 Å². The van der Waals surface area contributed by atoms with Crippen LogP contribution in [0, 0.1) is 47.3 Å². The summed E-state index contributed by atoms with van der Waals surface area (Å²) in [4.78, 5) is 12.1. The highest BCUT2D eigenvalue weighted by molar-refractivity contribution is 5.89. The second-order valence-corrected chi connectivity index (χ2v) is 6.15. The maximum atomic E-state index is 12.1. The molecule has 0 aliphatic heterocycles. The zero-order chi connectivity index (χ0) is 8.32. The van der Waals surface area contributed by atoms with E-state index in [2.05, 4.69) is 0 Å². The van der Waals surface area contributed by atoms with Gasteiger partial charge in [0.2, 0.25) is 0 Å². The summed E-state index contributed by atoms with van der Waals surface area (Å²) in [5, 5.41) is 0. The molecule has 4 bridgehead atoms. The Kier molecular flexibility index (Phi) is 0.721. The smallest absolute Gasteiger partial charge is 0.139 e. The number of rotatable bonds is 0. The van der Waals surface area contributed by atoms with E-state index in [-0.39, 0.29) is 0 Å². The van der Waals surface area contributed by atoms with Crippen molar-refractivity contribution in [1.82, 2.24) is 0 Å². The maximum absolute atomic E-state index is 12.1. The van der Waals surface area contributed by atoms with E-state index in [0.29, 0.717) is 17.6 Å². The molecule has 5 saturated carbocycles. The fourth-order valence-corrected chi connectivity index (χ4v) is 6.40. The highest BCUT2D eigenvalue weighted by Crippen LogP contribution is 2.77. The van der Waals surface area contributed by atoms with Crippen LogP contribution in [-0.4, -0.2) is 5.78 Å². The van der Waals surface area contributed by atoms with Crippen molar-refractivity contribution < 1.29 is 4.79 Å². The molecule has 0 N–H and O–H groups in total. The molecule has 0 aromatic heterocycles. The summed E-state index contributed by atoms with van der Waals surface area (Å²) < 4.78 is 0.